The van der Waals surface area contributed by atoms with Crippen molar-refractivity contribution in [3.05, 3.63) is 52.9 Å². The van der Waals surface area contributed by atoms with E-state index in [9.17, 15) is 8.42 Å². The lowest BCUT2D eigenvalue weighted by molar-refractivity contribution is 0.562. The first-order valence-electron chi connectivity index (χ1n) is 6.36. The molecule has 0 amide bonds. The summed E-state index contributed by atoms with van der Waals surface area (Å²) in [4.78, 5) is 0.862. The number of nitrogens with two attached hydrogens (primary N) is 1. The minimum absolute atomic E-state index is 0.161. The first-order valence-corrected chi connectivity index (χ1v) is 8.66. The van der Waals surface area contributed by atoms with Crippen LogP contribution in [0.4, 0.5) is 0 Å². The number of hydrogen-bond donors (Lipinski definition) is 2. The van der Waals surface area contributed by atoms with E-state index in [0.29, 0.717) is 17.2 Å². The van der Waals surface area contributed by atoms with Crippen LogP contribution in [0.2, 0.25) is 0 Å². The Morgan fingerprint density at radius 2 is 1.90 bits per heavy atom. The number of sulfonamides is 1. The second kappa shape index (κ2) is 6.49. The van der Waals surface area contributed by atoms with Gasteiger partial charge in [-0.15, -0.1) is 11.3 Å². The molecule has 1 atom stereocenters. The minimum Gasteiger partial charge on any atom is -0.326 e. The molecule has 0 spiro atoms. The Morgan fingerprint density at radius 3 is 2.50 bits per heavy atom. The van der Waals surface area contributed by atoms with Crippen molar-refractivity contribution in [1.29, 1.82) is 0 Å². The Kier molecular flexibility index (Phi) is 4.93. The second-order valence-corrected chi connectivity index (χ2v) is 7.75. The fraction of sp³-hybridized carbons (Fsp3) is 0.286. The predicted octanol–water partition coefficient (Wildman–Crippen LogP) is 2.12. The highest BCUT2D eigenvalue weighted by molar-refractivity contribution is 7.91. The zero-order valence-corrected chi connectivity index (χ0v) is 12.9. The average molecular weight is 310 g/mol. The van der Waals surface area contributed by atoms with E-state index in [1.54, 1.807) is 12.1 Å². The summed E-state index contributed by atoms with van der Waals surface area (Å²) in [7, 11) is -3.46. The average Bonchev–Trinajstić information content (AvgIpc) is 2.88. The molecule has 0 saturated heterocycles. The van der Waals surface area contributed by atoms with Crippen LogP contribution in [0.3, 0.4) is 0 Å². The summed E-state index contributed by atoms with van der Waals surface area (Å²) < 4.78 is 27.5. The zero-order valence-electron chi connectivity index (χ0n) is 11.2. The van der Waals surface area contributed by atoms with Gasteiger partial charge in [0.1, 0.15) is 4.21 Å². The summed E-state index contributed by atoms with van der Waals surface area (Å²) in [5.74, 6) is 0. The van der Waals surface area contributed by atoms with Gasteiger partial charge in [-0.25, -0.2) is 13.1 Å². The fourth-order valence-corrected chi connectivity index (χ4v) is 4.44. The Balaban J connectivity index is 2.04. The van der Waals surface area contributed by atoms with Crippen molar-refractivity contribution in [1.82, 2.24) is 4.72 Å². The van der Waals surface area contributed by atoms with Crippen LogP contribution in [-0.2, 0) is 23.0 Å². The van der Waals surface area contributed by atoms with Crippen molar-refractivity contribution in [2.24, 2.45) is 5.73 Å². The maximum absolute atomic E-state index is 12.2. The fourth-order valence-electron chi connectivity index (χ4n) is 1.94. The van der Waals surface area contributed by atoms with Crippen LogP contribution in [0.1, 0.15) is 17.4 Å². The topological polar surface area (TPSA) is 72.2 Å². The van der Waals surface area contributed by atoms with Gasteiger partial charge in [0.05, 0.1) is 0 Å². The molecule has 1 aromatic carbocycles. The van der Waals surface area contributed by atoms with E-state index < -0.39 is 10.0 Å². The summed E-state index contributed by atoms with van der Waals surface area (Å²) in [5, 5.41) is 0. The summed E-state index contributed by atoms with van der Waals surface area (Å²) in [6.45, 7) is 2.22. The number of hydrogen-bond acceptors (Lipinski definition) is 4. The molecule has 4 nitrogen and oxygen atoms in total. The molecule has 0 radical (unpaired) electrons. The SMILES string of the molecule is CC(Cc1ccccc1)NS(=O)(=O)c1ccc(CN)s1. The molecule has 0 aliphatic rings. The van der Waals surface area contributed by atoms with Gasteiger partial charge in [0.25, 0.3) is 0 Å². The number of rotatable bonds is 6. The van der Waals surface area contributed by atoms with Gasteiger partial charge in [0, 0.05) is 17.5 Å². The van der Waals surface area contributed by atoms with E-state index in [0.717, 1.165) is 10.4 Å². The lowest BCUT2D eigenvalue weighted by atomic mass is 10.1. The summed E-state index contributed by atoms with van der Waals surface area (Å²) in [6, 6.07) is 13.0. The number of thiophene rings is 1. The molecule has 2 rings (SSSR count). The Hall–Kier alpha value is -1.21. The molecule has 0 aliphatic carbocycles. The molecule has 0 aliphatic heterocycles. The van der Waals surface area contributed by atoms with Gasteiger partial charge in [-0.1, -0.05) is 30.3 Å². The van der Waals surface area contributed by atoms with E-state index in [2.05, 4.69) is 4.72 Å². The Morgan fingerprint density at radius 1 is 1.20 bits per heavy atom. The van der Waals surface area contributed by atoms with E-state index >= 15 is 0 Å². The molecule has 3 N–H and O–H groups in total. The molecule has 1 aromatic heterocycles. The van der Waals surface area contributed by atoms with Crippen molar-refractivity contribution in [2.45, 2.75) is 30.1 Å². The highest BCUT2D eigenvalue weighted by Crippen LogP contribution is 2.21. The highest BCUT2D eigenvalue weighted by Gasteiger charge is 2.19. The Bertz CT molecular complexity index is 651. The first kappa shape index (κ1) is 15.2. The van der Waals surface area contributed by atoms with Crippen molar-refractivity contribution < 1.29 is 8.42 Å². The van der Waals surface area contributed by atoms with Crippen molar-refractivity contribution in [3.8, 4) is 0 Å². The molecular weight excluding hydrogens is 292 g/mol. The molecule has 6 heteroatoms. The molecule has 1 unspecified atom stereocenters. The lowest BCUT2D eigenvalue weighted by Gasteiger charge is -2.13. The van der Waals surface area contributed by atoms with Crippen molar-refractivity contribution >= 4 is 21.4 Å². The van der Waals surface area contributed by atoms with Crippen LogP contribution in [0.5, 0.6) is 0 Å². The normalized spacial score (nSPS) is 13.3. The van der Waals surface area contributed by atoms with Gasteiger partial charge in [-0.05, 0) is 31.0 Å². The first-order chi connectivity index (χ1) is 9.51. The number of nitrogens with one attached hydrogen (secondary N) is 1. The molecule has 0 saturated carbocycles. The van der Waals surface area contributed by atoms with Crippen LogP contribution in [0.15, 0.2) is 46.7 Å². The second-order valence-electron chi connectivity index (χ2n) is 4.64. The lowest BCUT2D eigenvalue weighted by Crippen LogP contribution is -2.33. The smallest absolute Gasteiger partial charge is 0.250 e. The van der Waals surface area contributed by atoms with E-state index in [1.807, 2.05) is 37.3 Å². The summed E-state index contributed by atoms with van der Waals surface area (Å²) in [5.41, 5.74) is 6.61. The van der Waals surface area contributed by atoms with E-state index in [4.69, 9.17) is 5.73 Å². The maximum atomic E-state index is 12.2. The van der Waals surface area contributed by atoms with Crippen molar-refractivity contribution in [3.63, 3.8) is 0 Å². The standard InChI is InChI=1S/C14H18N2O2S2/c1-11(9-12-5-3-2-4-6-12)16-20(17,18)14-8-7-13(10-15)19-14/h2-8,11,16H,9-10,15H2,1H3. The van der Waals surface area contributed by atoms with Gasteiger partial charge in [0.2, 0.25) is 10.0 Å². The van der Waals surface area contributed by atoms with Gasteiger partial charge in [0.15, 0.2) is 0 Å². The van der Waals surface area contributed by atoms with Crippen LogP contribution in [0, 0.1) is 0 Å². The van der Waals surface area contributed by atoms with E-state index in [1.165, 1.54) is 11.3 Å². The molecule has 1 heterocycles. The van der Waals surface area contributed by atoms with Gasteiger partial charge >= 0.3 is 0 Å². The summed E-state index contributed by atoms with van der Waals surface area (Å²) >= 11 is 1.21. The monoisotopic (exact) mass is 310 g/mol. The van der Waals surface area contributed by atoms with E-state index in [-0.39, 0.29) is 6.04 Å². The van der Waals surface area contributed by atoms with Gasteiger partial charge < -0.3 is 5.73 Å². The van der Waals surface area contributed by atoms with Crippen LogP contribution in [0.25, 0.3) is 0 Å². The largest absolute Gasteiger partial charge is 0.326 e. The minimum atomic E-state index is -3.46. The van der Waals surface area contributed by atoms with Crippen LogP contribution in [-0.4, -0.2) is 14.5 Å². The van der Waals surface area contributed by atoms with Gasteiger partial charge in [-0.2, -0.15) is 0 Å². The predicted molar refractivity (Wildman–Crippen MR) is 82.1 cm³/mol. The molecular formula is C14H18N2O2S2. The van der Waals surface area contributed by atoms with Crippen LogP contribution >= 0.6 is 11.3 Å². The maximum Gasteiger partial charge on any atom is 0.250 e. The van der Waals surface area contributed by atoms with Crippen LogP contribution < -0.4 is 10.5 Å². The molecule has 108 valence electrons. The molecule has 0 bridgehead atoms. The Labute approximate surface area is 123 Å². The third-order valence-electron chi connectivity index (χ3n) is 2.84. The van der Waals surface area contributed by atoms with Crippen molar-refractivity contribution in [2.75, 3.05) is 0 Å². The third-order valence-corrected chi connectivity index (χ3v) is 6.03. The third kappa shape index (κ3) is 3.89. The molecule has 20 heavy (non-hydrogen) atoms. The highest BCUT2D eigenvalue weighted by atomic mass is 32.2. The molecule has 0 fully saturated rings. The number of benzene rings is 1. The molecule has 2 aromatic rings. The zero-order chi connectivity index (χ0) is 14.6. The van der Waals surface area contributed by atoms with Gasteiger partial charge in [-0.3, -0.25) is 0 Å². The summed E-state index contributed by atoms with van der Waals surface area (Å²) in [6.07, 6.45) is 0.662. The quantitative estimate of drug-likeness (QED) is 0.858.